The van der Waals surface area contributed by atoms with E-state index in [1.165, 1.54) is 32.1 Å². The van der Waals surface area contributed by atoms with Crippen molar-refractivity contribution in [2.24, 2.45) is 0 Å². The molecule has 0 spiro atoms. The van der Waals surface area contributed by atoms with Gasteiger partial charge in [-0.05, 0) is 26.8 Å². The molecule has 1 amide bonds. The molecule has 1 aliphatic carbocycles. The van der Waals surface area contributed by atoms with Gasteiger partial charge in [-0.1, -0.05) is 19.3 Å². The maximum atomic E-state index is 11.9. The minimum Gasteiger partial charge on any atom is -0.340 e. The second-order valence-corrected chi connectivity index (χ2v) is 4.33. The summed E-state index contributed by atoms with van der Waals surface area (Å²) >= 11 is 0. The molecule has 1 N–H and O–H groups in total. The largest absolute Gasteiger partial charge is 0.340 e. The monoisotopic (exact) mass is 248 g/mol. The molecule has 0 aromatic rings. The second kappa shape index (κ2) is 8.82. The average molecular weight is 249 g/mol. The van der Waals surface area contributed by atoms with Gasteiger partial charge in [0.1, 0.15) is 0 Å². The highest BCUT2D eigenvalue weighted by Crippen LogP contribution is 2.22. The molecule has 0 bridgehead atoms. The molecular formula is C12H25ClN2O. The first kappa shape index (κ1) is 15.7. The molecule has 1 rings (SSSR count). The molecule has 0 radical (unpaired) electrons. The molecule has 0 aliphatic heterocycles. The van der Waals surface area contributed by atoms with Gasteiger partial charge in [-0.15, -0.1) is 12.4 Å². The number of carbonyl (C=O) groups is 1. The van der Waals surface area contributed by atoms with E-state index in [9.17, 15) is 4.79 Å². The molecule has 16 heavy (non-hydrogen) atoms. The predicted octanol–water partition coefficient (Wildman–Crippen LogP) is 2.20. The lowest BCUT2D eigenvalue weighted by atomic mass is 9.94. The number of rotatable bonds is 5. The fourth-order valence-corrected chi connectivity index (χ4v) is 2.41. The van der Waals surface area contributed by atoms with Gasteiger partial charge in [-0.3, -0.25) is 4.79 Å². The van der Waals surface area contributed by atoms with E-state index in [1.54, 1.807) is 0 Å². The summed E-state index contributed by atoms with van der Waals surface area (Å²) in [5.74, 6) is 0.318. The number of halogens is 1. The van der Waals surface area contributed by atoms with Gasteiger partial charge in [0.15, 0.2) is 0 Å². The summed E-state index contributed by atoms with van der Waals surface area (Å²) in [6.45, 7) is 3.75. The summed E-state index contributed by atoms with van der Waals surface area (Å²) in [5, 5.41) is 3.03. The Labute approximate surface area is 105 Å². The molecule has 3 nitrogen and oxygen atoms in total. The Kier molecular flexibility index (Phi) is 8.67. The molecule has 4 heteroatoms. The van der Waals surface area contributed by atoms with Crippen molar-refractivity contribution < 1.29 is 4.79 Å². The Morgan fingerprint density at radius 3 is 2.44 bits per heavy atom. The van der Waals surface area contributed by atoms with Crippen LogP contribution in [-0.2, 0) is 4.79 Å². The lowest BCUT2D eigenvalue weighted by Crippen LogP contribution is -2.42. The van der Waals surface area contributed by atoms with Gasteiger partial charge in [-0.25, -0.2) is 0 Å². The Morgan fingerprint density at radius 2 is 1.94 bits per heavy atom. The third-order valence-corrected chi connectivity index (χ3v) is 3.27. The Balaban J connectivity index is 0.00000225. The van der Waals surface area contributed by atoms with Gasteiger partial charge >= 0.3 is 0 Å². The van der Waals surface area contributed by atoms with Crippen LogP contribution in [0, 0.1) is 0 Å². The fourth-order valence-electron chi connectivity index (χ4n) is 2.41. The minimum absolute atomic E-state index is 0. The molecule has 0 saturated heterocycles. The van der Waals surface area contributed by atoms with Crippen LogP contribution in [0.25, 0.3) is 0 Å². The van der Waals surface area contributed by atoms with Crippen molar-refractivity contribution in [2.45, 2.75) is 51.5 Å². The SMILES string of the molecule is CCN(C(=O)CCNC)C1CCCCC1.Cl. The van der Waals surface area contributed by atoms with Crippen molar-refractivity contribution in [1.82, 2.24) is 10.2 Å². The Bertz CT molecular complexity index is 193. The van der Waals surface area contributed by atoms with Crippen molar-refractivity contribution in [2.75, 3.05) is 20.1 Å². The van der Waals surface area contributed by atoms with Gasteiger partial charge in [0, 0.05) is 25.6 Å². The van der Waals surface area contributed by atoms with Crippen LogP contribution >= 0.6 is 12.4 Å². The first-order valence-corrected chi connectivity index (χ1v) is 6.23. The smallest absolute Gasteiger partial charge is 0.224 e. The van der Waals surface area contributed by atoms with Crippen LogP contribution in [0.4, 0.5) is 0 Å². The zero-order valence-corrected chi connectivity index (χ0v) is 11.3. The molecule has 1 saturated carbocycles. The molecule has 0 heterocycles. The van der Waals surface area contributed by atoms with Crippen molar-refractivity contribution in [3.63, 3.8) is 0 Å². The number of hydrogen-bond donors (Lipinski definition) is 1. The van der Waals surface area contributed by atoms with E-state index < -0.39 is 0 Å². The number of nitrogens with zero attached hydrogens (tertiary/aromatic N) is 1. The Hall–Kier alpha value is -0.280. The van der Waals surface area contributed by atoms with Crippen LogP contribution in [0.2, 0.25) is 0 Å². The normalized spacial score (nSPS) is 16.6. The van der Waals surface area contributed by atoms with E-state index in [2.05, 4.69) is 17.1 Å². The van der Waals surface area contributed by atoms with Crippen molar-refractivity contribution in [1.29, 1.82) is 0 Å². The zero-order chi connectivity index (χ0) is 11.1. The van der Waals surface area contributed by atoms with Crippen molar-refractivity contribution in [3.8, 4) is 0 Å². The molecule has 0 unspecified atom stereocenters. The summed E-state index contributed by atoms with van der Waals surface area (Å²) < 4.78 is 0. The maximum Gasteiger partial charge on any atom is 0.224 e. The first-order chi connectivity index (χ1) is 7.29. The van der Waals surface area contributed by atoms with Gasteiger partial charge in [0.2, 0.25) is 5.91 Å². The summed E-state index contributed by atoms with van der Waals surface area (Å²) in [6, 6.07) is 0.521. The van der Waals surface area contributed by atoms with Crippen LogP contribution < -0.4 is 5.32 Å². The lowest BCUT2D eigenvalue weighted by molar-refractivity contribution is -0.133. The molecule has 0 aromatic carbocycles. The zero-order valence-electron chi connectivity index (χ0n) is 10.5. The first-order valence-electron chi connectivity index (χ1n) is 6.23. The van der Waals surface area contributed by atoms with E-state index in [4.69, 9.17) is 0 Å². The summed E-state index contributed by atoms with van der Waals surface area (Å²) in [7, 11) is 1.89. The van der Waals surface area contributed by atoms with Crippen LogP contribution in [0.15, 0.2) is 0 Å². The van der Waals surface area contributed by atoms with Crippen molar-refractivity contribution >= 4 is 18.3 Å². The molecule has 96 valence electrons. The van der Waals surface area contributed by atoms with E-state index in [0.29, 0.717) is 18.4 Å². The highest BCUT2D eigenvalue weighted by molar-refractivity contribution is 5.85. The van der Waals surface area contributed by atoms with E-state index >= 15 is 0 Å². The average Bonchev–Trinajstić information content (AvgIpc) is 2.29. The van der Waals surface area contributed by atoms with Gasteiger partial charge in [-0.2, -0.15) is 0 Å². The number of nitrogens with one attached hydrogen (secondary N) is 1. The van der Waals surface area contributed by atoms with E-state index in [1.807, 2.05) is 7.05 Å². The molecular weight excluding hydrogens is 224 g/mol. The third kappa shape index (κ3) is 4.71. The predicted molar refractivity (Wildman–Crippen MR) is 70.1 cm³/mol. The van der Waals surface area contributed by atoms with E-state index in [-0.39, 0.29) is 12.4 Å². The van der Waals surface area contributed by atoms with Crippen LogP contribution in [0.5, 0.6) is 0 Å². The third-order valence-electron chi connectivity index (χ3n) is 3.27. The Morgan fingerprint density at radius 1 is 1.31 bits per heavy atom. The fraction of sp³-hybridized carbons (Fsp3) is 0.917. The van der Waals surface area contributed by atoms with Gasteiger partial charge in [0.05, 0.1) is 0 Å². The summed E-state index contributed by atoms with van der Waals surface area (Å²) in [5.41, 5.74) is 0. The van der Waals surface area contributed by atoms with Gasteiger partial charge in [0.25, 0.3) is 0 Å². The minimum atomic E-state index is 0. The molecule has 1 aliphatic rings. The summed E-state index contributed by atoms with van der Waals surface area (Å²) in [4.78, 5) is 14.0. The van der Waals surface area contributed by atoms with E-state index in [0.717, 1.165) is 13.1 Å². The number of amides is 1. The van der Waals surface area contributed by atoms with Crippen molar-refractivity contribution in [3.05, 3.63) is 0 Å². The quantitative estimate of drug-likeness (QED) is 0.809. The highest BCUT2D eigenvalue weighted by Gasteiger charge is 2.23. The van der Waals surface area contributed by atoms with Gasteiger partial charge < -0.3 is 10.2 Å². The standard InChI is InChI=1S/C12H24N2O.ClH/c1-3-14(12(15)9-10-13-2)11-7-5-4-6-8-11;/h11,13H,3-10H2,1-2H3;1H. The lowest BCUT2D eigenvalue weighted by Gasteiger charge is -2.33. The van der Waals surface area contributed by atoms with Crippen LogP contribution in [0.3, 0.4) is 0 Å². The molecule has 1 fully saturated rings. The summed E-state index contributed by atoms with van der Waals surface area (Å²) in [6.07, 6.45) is 6.98. The van der Waals surface area contributed by atoms with Crippen LogP contribution in [0.1, 0.15) is 45.4 Å². The number of carbonyl (C=O) groups excluding carboxylic acids is 1. The van der Waals surface area contributed by atoms with Crippen LogP contribution in [-0.4, -0.2) is 37.0 Å². The maximum absolute atomic E-state index is 11.9. The second-order valence-electron chi connectivity index (χ2n) is 4.33. The highest BCUT2D eigenvalue weighted by atomic mass is 35.5. The molecule has 0 aromatic heterocycles. The molecule has 0 atom stereocenters. The number of hydrogen-bond acceptors (Lipinski definition) is 2. The topological polar surface area (TPSA) is 32.3 Å².